The van der Waals surface area contributed by atoms with E-state index >= 15 is 0 Å². The number of aryl methyl sites for hydroxylation is 1. The number of halogens is 1. The maximum Gasteiger partial charge on any atom is 0.408 e. The fourth-order valence-corrected chi connectivity index (χ4v) is 3.16. The summed E-state index contributed by atoms with van der Waals surface area (Å²) in [6, 6.07) is 13.1. The Hall–Kier alpha value is -2.89. The minimum Gasteiger partial charge on any atom is -0.489 e. The Morgan fingerprint density at radius 1 is 0.969 bits per heavy atom. The van der Waals surface area contributed by atoms with Crippen molar-refractivity contribution >= 4 is 11.9 Å². The van der Waals surface area contributed by atoms with Gasteiger partial charge < -0.3 is 14.8 Å². The largest absolute Gasteiger partial charge is 0.489 e. The van der Waals surface area contributed by atoms with Gasteiger partial charge in [-0.1, -0.05) is 45.0 Å². The molecule has 0 aromatic heterocycles. The van der Waals surface area contributed by atoms with Crippen molar-refractivity contribution in [3.63, 3.8) is 0 Å². The summed E-state index contributed by atoms with van der Waals surface area (Å²) in [7, 11) is 0. The zero-order valence-electron chi connectivity index (χ0n) is 19.8. The van der Waals surface area contributed by atoms with E-state index in [9.17, 15) is 14.0 Å². The van der Waals surface area contributed by atoms with E-state index in [2.05, 4.69) is 5.32 Å². The van der Waals surface area contributed by atoms with E-state index < -0.39 is 23.2 Å². The van der Waals surface area contributed by atoms with Gasteiger partial charge in [0.25, 0.3) is 0 Å². The van der Waals surface area contributed by atoms with E-state index in [1.165, 1.54) is 12.1 Å². The lowest BCUT2D eigenvalue weighted by Crippen LogP contribution is -2.50. The quantitative estimate of drug-likeness (QED) is 0.556. The van der Waals surface area contributed by atoms with Crippen molar-refractivity contribution in [3.05, 3.63) is 65.5 Å². The van der Waals surface area contributed by atoms with Crippen LogP contribution in [0.5, 0.6) is 5.75 Å². The molecule has 0 aliphatic carbocycles. The van der Waals surface area contributed by atoms with E-state index in [0.29, 0.717) is 18.6 Å². The third-order valence-corrected chi connectivity index (χ3v) is 4.73. The number of Topliss-reactive ketones (excluding diaryl/α,β-unsaturated/α-hetero) is 1. The molecule has 0 aliphatic heterocycles. The smallest absolute Gasteiger partial charge is 0.408 e. The van der Waals surface area contributed by atoms with Crippen molar-refractivity contribution in [3.8, 4) is 5.75 Å². The van der Waals surface area contributed by atoms with Gasteiger partial charge in [-0.05, 0) is 68.0 Å². The van der Waals surface area contributed by atoms with Gasteiger partial charge in [-0.15, -0.1) is 0 Å². The molecule has 1 atom stereocenters. The average Bonchev–Trinajstić information content (AvgIpc) is 2.67. The van der Waals surface area contributed by atoms with E-state index in [1.807, 2.05) is 45.0 Å². The highest BCUT2D eigenvalue weighted by Gasteiger charge is 2.33. The van der Waals surface area contributed by atoms with Gasteiger partial charge in [0.05, 0.1) is 6.04 Å². The molecule has 0 spiro atoms. The third-order valence-electron chi connectivity index (χ3n) is 4.73. The first-order chi connectivity index (χ1) is 14.8. The Morgan fingerprint density at radius 2 is 1.62 bits per heavy atom. The molecule has 0 unspecified atom stereocenters. The summed E-state index contributed by atoms with van der Waals surface area (Å²) in [5, 5.41) is 2.74. The molecule has 174 valence electrons. The molecule has 0 heterocycles. The number of nitrogens with one attached hydrogen (secondary N) is 1. The number of amides is 1. The summed E-state index contributed by atoms with van der Waals surface area (Å²) < 4.78 is 24.3. The summed E-state index contributed by atoms with van der Waals surface area (Å²) in [6.45, 7) is 11.4. The second-order valence-electron chi connectivity index (χ2n) is 9.97. The van der Waals surface area contributed by atoms with Crippen molar-refractivity contribution < 1.29 is 23.5 Å². The average molecular weight is 444 g/mol. The number of rotatable bonds is 8. The number of carbonyl (C=O) groups excluding carboxylic acids is 2. The maximum absolute atomic E-state index is 13.3. The molecule has 0 aliphatic rings. The summed E-state index contributed by atoms with van der Waals surface area (Å²) in [5.74, 6) is 0.333. The zero-order valence-corrected chi connectivity index (χ0v) is 19.8. The molecular weight excluding hydrogens is 409 g/mol. The van der Waals surface area contributed by atoms with E-state index in [-0.39, 0.29) is 18.2 Å². The van der Waals surface area contributed by atoms with Crippen LogP contribution < -0.4 is 10.1 Å². The summed E-state index contributed by atoms with van der Waals surface area (Å²) in [6.07, 6.45) is 0.248. The predicted molar refractivity (Wildman–Crippen MR) is 123 cm³/mol. The Bertz CT molecular complexity index is 911. The van der Waals surface area contributed by atoms with Crippen LogP contribution in [0.3, 0.4) is 0 Å². The first-order valence-electron chi connectivity index (χ1n) is 10.8. The third kappa shape index (κ3) is 8.69. The molecule has 32 heavy (non-hydrogen) atoms. The van der Waals surface area contributed by atoms with Crippen LogP contribution in [0.2, 0.25) is 0 Å². The molecule has 2 aromatic rings. The van der Waals surface area contributed by atoms with E-state index in [1.54, 1.807) is 32.9 Å². The van der Waals surface area contributed by atoms with Gasteiger partial charge in [0.1, 0.15) is 23.8 Å². The second-order valence-corrected chi connectivity index (χ2v) is 9.97. The fourth-order valence-electron chi connectivity index (χ4n) is 3.16. The van der Waals surface area contributed by atoms with Crippen molar-refractivity contribution in [2.45, 2.75) is 72.6 Å². The Kier molecular flexibility index (Phi) is 8.42. The van der Waals surface area contributed by atoms with Gasteiger partial charge >= 0.3 is 6.09 Å². The highest BCUT2D eigenvalue weighted by molar-refractivity contribution is 5.88. The molecule has 1 amide bonds. The Labute approximate surface area is 190 Å². The second kappa shape index (κ2) is 10.6. The summed E-state index contributed by atoms with van der Waals surface area (Å²) in [4.78, 5) is 25.1. The van der Waals surface area contributed by atoms with Gasteiger partial charge in [0.2, 0.25) is 0 Å². The van der Waals surface area contributed by atoms with Gasteiger partial charge in [-0.25, -0.2) is 9.18 Å². The standard InChI is InChI=1S/C26H34FNO4/c1-25(2,3)23(28-24(30)32-26(4,5)6)22(29)15-12-18-10-13-21(14-11-18)31-17-19-8-7-9-20(27)16-19/h7-11,13-14,16,23H,12,15,17H2,1-6H3,(H,28,30)/t23-/m0/s1. The Balaban J connectivity index is 1.91. The first kappa shape index (κ1) is 25.4. The topological polar surface area (TPSA) is 64.6 Å². The molecule has 5 nitrogen and oxygen atoms in total. The fraction of sp³-hybridized carbons (Fsp3) is 0.462. The summed E-state index contributed by atoms with van der Waals surface area (Å²) >= 11 is 0. The van der Waals surface area contributed by atoms with Crippen molar-refractivity contribution in [1.82, 2.24) is 5.32 Å². The molecule has 0 saturated heterocycles. The maximum atomic E-state index is 13.3. The molecule has 1 N–H and O–H groups in total. The number of hydrogen-bond donors (Lipinski definition) is 1. The number of benzene rings is 2. The van der Waals surface area contributed by atoms with Gasteiger partial charge in [0, 0.05) is 6.42 Å². The van der Waals surface area contributed by atoms with E-state index in [4.69, 9.17) is 9.47 Å². The van der Waals surface area contributed by atoms with Crippen molar-refractivity contribution in [2.75, 3.05) is 0 Å². The number of alkyl carbamates (subject to hydrolysis) is 1. The minimum atomic E-state index is -0.647. The van der Waals surface area contributed by atoms with Crippen molar-refractivity contribution in [1.29, 1.82) is 0 Å². The Morgan fingerprint density at radius 3 is 2.19 bits per heavy atom. The molecule has 6 heteroatoms. The summed E-state index contributed by atoms with van der Waals surface area (Å²) in [5.41, 5.74) is 0.670. The number of hydrogen-bond acceptors (Lipinski definition) is 4. The van der Waals surface area contributed by atoms with Crippen LogP contribution in [-0.2, 0) is 22.6 Å². The van der Waals surface area contributed by atoms with Gasteiger partial charge in [0.15, 0.2) is 5.78 Å². The lowest BCUT2D eigenvalue weighted by atomic mass is 9.82. The molecule has 0 bridgehead atoms. The molecule has 0 saturated carbocycles. The van der Waals surface area contributed by atoms with Crippen LogP contribution in [0.15, 0.2) is 48.5 Å². The van der Waals surface area contributed by atoms with Crippen LogP contribution >= 0.6 is 0 Å². The molecular formula is C26H34FNO4. The van der Waals surface area contributed by atoms with Gasteiger partial charge in [-0.2, -0.15) is 0 Å². The van der Waals surface area contributed by atoms with Crippen LogP contribution in [0.1, 0.15) is 59.1 Å². The number of ketones is 1. The van der Waals surface area contributed by atoms with E-state index in [0.717, 1.165) is 11.1 Å². The molecule has 2 rings (SSSR count). The van der Waals surface area contributed by atoms with Crippen LogP contribution in [0.4, 0.5) is 9.18 Å². The minimum absolute atomic E-state index is 0.0465. The van der Waals surface area contributed by atoms with Crippen LogP contribution in [0, 0.1) is 11.2 Å². The highest BCUT2D eigenvalue weighted by Crippen LogP contribution is 2.23. The lowest BCUT2D eigenvalue weighted by molar-refractivity contribution is -0.123. The monoisotopic (exact) mass is 443 g/mol. The number of ether oxygens (including phenoxy) is 2. The highest BCUT2D eigenvalue weighted by atomic mass is 19.1. The molecule has 2 aromatic carbocycles. The van der Waals surface area contributed by atoms with Crippen molar-refractivity contribution in [2.24, 2.45) is 5.41 Å². The number of carbonyl (C=O) groups is 2. The van der Waals surface area contributed by atoms with Gasteiger partial charge in [-0.3, -0.25) is 4.79 Å². The lowest BCUT2D eigenvalue weighted by Gasteiger charge is -2.31. The van der Waals surface area contributed by atoms with Crippen LogP contribution in [0.25, 0.3) is 0 Å². The first-order valence-corrected chi connectivity index (χ1v) is 10.8. The molecule has 0 radical (unpaired) electrons. The predicted octanol–water partition coefficient (Wildman–Crippen LogP) is 5.85. The van der Waals surface area contributed by atoms with Crippen LogP contribution in [-0.4, -0.2) is 23.5 Å². The zero-order chi connectivity index (χ0) is 23.9. The molecule has 0 fully saturated rings. The SMILES string of the molecule is CC(C)(C)OC(=O)N[C@@H](C(=O)CCc1ccc(OCc2cccc(F)c2)cc1)C(C)(C)C. The normalized spacial score (nSPS) is 12.7.